The number of para-hydroxylation sites is 1. The highest BCUT2D eigenvalue weighted by atomic mass is 35.5. The number of ether oxygens (including phenoxy) is 1. The summed E-state index contributed by atoms with van der Waals surface area (Å²) in [5.41, 5.74) is 2.13. The minimum Gasteiger partial charge on any atom is -0.488 e. The van der Waals surface area contributed by atoms with Crippen molar-refractivity contribution in [2.45, 2.75) is 25.5 Å². The molecule has 1 aliphatic rings. The fraction of sp³-hybridized carbons (Fsp3) is 0.294. The van der Waals surface area contributed by atoms with Crippen molar-refractivity contribution in [1.82, 2.24) is 5.32 Å². The molecule has 21 heavy (non-hydrogen) atoms. The molecule has 2 aromatic rings. The third kappa shape index (κ3) is 3.20. The fourth-order valence-corrected chi connectivity index (χ4v) is 2.69. The maximum atomic E-state index is 13.5. The lowest BCUT2D eigenvalue weighted by Crippen LogP contribution is -2.31. The Morgan fingerprint density at radius 2 is 2.14 bits per heavy atom. The van der Waals surface area contributed by atoms with Gasteiger partial charge in [0.1, 0.15) is 17.7 Å². The number of benzene rings is 2. The smallest absolute Gasteiger partial charge is 0.142 e. The van der Waals surface area contributed by atoms with Gasteiger partial charge < -0.3 is 10.1 Å². The topological polar surface area (TPSA) is 21.3 Å². The zero-order valence-electron chi connectivity index (χ0n) is 11.8. The largest absolute Gasteiger partial charge is 0.488 e. The van der Waals surface area contributed by atoms with Gasteiger partial charge in [0.25, 0.3) is 0 Å². The molecule has 2 nitrogen and oxygen atoms in total. The van der Waals surface area contributed by atoms with E-state index >= 15 is 0 Å². The van der Waals surface area contributed by atoms with E-state index in [9.17, 15) is 4.39 Å². The molecule has 0 aromatic heterocycles. The van der Waals surface area contributed by atoms with Crippen LogP contribution < -0.4 is 10.1 Å². The summed E-state index contributed by atoms with van der Waals surface area (Å²) < 4.78 is 19.4. The number of fused-ring (bicyclic) bond motifs is 1. The summed E-state index contributed by atoms with van der Waals surface area (Å²) in [6.45, 7) is 2.73. The van der Waals surface area contributed by atoms with Crippen molar-refractivity contribution >= 4 is 11.6 Å². The van der Waals surface area contributed by atoms with Crippen LogP contribution in [0.25, 0.3) is 0 Å². The Balaban J connectivity index is 1.57. The van der Waals surface area contributed by atoms with Crippen molar-refractivity contribution in [1.29, 1.82) is 0 Å². The maximum Gasteiger partial charge on any atom is 0.142 e. The van der Waals surface area contributed by atoms with Crippen LogP contribution in [0.2, 0.25) is 5.02 Å². The molecule has 0 saturated heterocycles. The third-order valence-corrected chi connectivity index (χ3v) is 4.12. The summed E-state index contributed by atoms with van der Waals surface area (Å²) in [6, 6.07) is 13.0. The first-order valence-corrected chi connectivity index (χ1v) is 7.44. The first kappa shape index (κ1) is 14.4. The van der Waals surface area contributed by atoms with Crippen molar-refractivity contribution in [2.24, 2.45) is 0 Å². The van der Waals surface area contributed by atoms with Crippen LogP contribution in [0.1, 0.15) is 24.1 Å². The van der Waals surface area contributed by atoms with Gasteiger partial charge in [0.15, 0.2) is 0 Å². The van der Waals surface area contributed by atoms with Crippen LogP contribution in [0.4, 0.5) is 4.39 Å². The summed E-state index contributed by atoms with van der Waals surface area (Å²) in [4.78, 5) is 0. The van der Waals surface area contributed by atoms with Crippen molar-refractivity contribution < 1.29 is 9.13 Å². The summed E-state index contributed by atoms with van der Waals surface area (Å²) >= 11 is 5.70. The Morgan fingerprint density at radius 1 is 1.33 bits per heavy atom. The van der Waals surface area contributed by atoms with E-state index < -0.39 is 0 Å². The van der Waals surface area contributed by atoms with Gasteiger partial charge in [-0.1, -0.05) is 35.9 Å². The molecule has 110 valence electrons. The van der Waals surface area contributed by atoms with Crippen LogP contribution in [-0.4, -0.2) is 12.6 Å². The van der Waals surface area contributed by atoms with Crippen LogP contribution in [0.3, 0.4) is 0 Å². The first-order chi connectivity index (χ1) is 10.1. The zero-order valence-corrected chi connectivity index (χ0v) is 12.5. The van der Waals surface area contributed by atoms with E-state index in [4.69, 9.17) is 16.3 Å². The van der Waals surface area contributed by atoms with Gasteiger partial charge in [0, 0.05) is 19.0 Å². The third-order valence-electron chi connectivity index (χ3n) is 3.81. The van der Waals surface area contributed by atoms with Gasteiger partial charge in [-0.15, -0.1) is 0 Å². The lowest BCUT2D eigenvalue weighted by atomic mass is 10.1. The minimum atomic E-state index is -0.382. The average molecular weight is 306 g/mol. The molecule has 1 aliphatic heterocycles. The Kier molecular flexibility index (Phi) is 4.13. The van der Waals surface area contributed by atoms with Gasteiger partial charge in [-0.05, 0) is 36.2 Å². The molecule has 0 aliphatic carbocycles. The quantitative estimate of drug-likeness (QED) is 0.917. The van der Waals surface area contributed by atoms with Crippen LogP contribution >= 0.6 is 11.6 Å². The highest BCUT2D eigenvalue weighted by molar-refractivity contribution is 6.30. The molecular weight excluding hydrogens is 289 g/mol. The average Bonchev–Trinajstić information content (AvgIpc) is 2.90. The number of nitrogens with one attached hydrogen (secondary N) is 1. The molecule has 0 fully saturated rings. The molecule has 0 bridgehead atoms. The summed E-state index contributed by atoms with van der Waals surface area (Å²) in [5, 5.41) is 3.54. The van der Waals surface area contributed by atoms with Crippen LogP contribution in [0.5, 0.6) is 5.75 Å². The van der Waals surface area contributed by atoms with Gasteiger partial charge in [-0.25, -0.2) is 4.39 Å². The molecule has 0 spiro atoms. The highest BCUT2D eigenvalue weighted by Gasteiger charge is 2.22. The predicted octanol–water partition coefficient (Wildman–Crippen LogP) is 4.13. The van der Waals surface area contributed by atoms with Crippen molar-refractivity contribution in [2.75, 3.05) is 6.54 Å². The van der Waals surface area contributed by atoms with Gasteiger partial charge in [0.05, 0.1) is 5.02 Å². The van der Waals surface area contributed by atoms with Crippen LogP contribution in [0.15, 0.2) is 42.5 Å². The van der Waals surface area contributed by atoms with E-state index in [1.807, 2.05) is 31.2 Å². The number of halogens is 2. The van der Waals surface area contributed by atoms with E-state index in [-0.39, 0.29) is 23.0 Å². The van der Waals surface area contributed by atoms with E-state index in [0.29, 0.717) is 0 Å². The summed E-state index contributed by atoms with van der Waals surface area (Å²) in [6.07, 6.45) is 1.03. The predicted molar refractivity (Wildman–Crippen MR) is 82.4 cm³/mol. The summed E-state index contributed by atoms with van der Waals surface area (Å²) in [5.74, 6) is 0.585. The highest BCUT2D eigenvalue weighted by Crippen LogP contribution is 2.28. The zero-order chi connectivity index (χ0) is 14.8. The fourth-order valence-electron chi connectivity index (χ4n) is 2.58. The van der Waals surface area contributed by atoms with Crippen molar-refractivity contribution in [3.8, 4) is 5.75 Å². The Bertz CT molecular complexity index is 621. The molecule has 2 unspecified atom stereocenters. The normalized spacial score (nSPS) is 18.1. The van der Waals surface area contributed by atoms with Gasteiger partial charge in [0.2, 0.25) is 0 Å². The number of rotatable bonds is 4. The second-order valence-electron chi connectivity index (χ2n) is 5.36. The standard InChI is InChI=1S/C17H17ClFNO/c1-11(12-6-7-15(18)16(19)9-12)20-10-14-8-13-4-2-3-5-17(13)21-14/h2-7,9,11,14,20H,8,10H2,1H3. The molecule has 0 radical (unpaired) electrons. The van der Waals surface area contributed by atoms with Crippen LogP contribution in [-0.2, 0) is 6.42 Å². The SMILES string of the molecule is CC(NCC1Cc2ccccc2O1)c1ccc(Cl)c(F)c1. The molecule has 2 aromatic carbocycles. The van der Waals surface area contributed by atoms with Crippen LogP contribution in [0, 0.1) is 5.82 Å². The van der Waals surface area contributed by atoms with Gasteiger partial charge >= 0.3 is 0 Å². The lowest BCUT2D eigenvalue weighted by Gasteiger charge is -2.18. The van der Waals surface area contributed by atoms with Crippen molar-refractivity contribution in [3.05, 3.63) is 64.4 Å². The molecule has 4 heteroatoms. The van der Waals surface area contributed by atoms with E-state index in [2.05, 4.69) is 11.4 Å². The molecule has 1 N–H and O–H groups in total. The molecule has 3 rings (SSSR count). The lowest BCUT2D eigenvalue weighted by molar-refractivity contribution is 0.222. The Morgan fingerprint density at radius 3 is 2.90 bits per heavy atom. The Hall–Kier alpha value is -1.58. The van der Waals surface area contributed by atoms with E-state index in [0.717, 1.165) is 24.3 Å². The Labute approximate surface area is 128 Å². The van der Waals surface area contributed by atoms with Gasteiger partial charge in [-0.2, -0.15) is 0 Å². The molecule has 0 saturated carbocycles. The van der Waals surface area contributed by atoms with Gasteiger partial charge in [-0.3, -0.25) is 0 Å². The first-order valence-electron chi connectivity index (χ1n) is 7.06. The maximum absolute atomic E-state index is 13.5. The van der Waals surface area contributed by atoms with E-state index in [1.54, 1.807) is 6.07 Å². The minimum absolute atomic E-state index is 0.0454. The second-order valence-corrected chi connectivity index (χ2v) is 5.76. The molecule has 2 atom stereocenters. The molecule has 0 amide bonds. The number of hydrogen-bond donors (Lipinski definition) is 1. The summed E-state index contributed by atoms with van der Waals surface area (Å²) in [7, 11) is 0. The molecular formula is C17H17ClFNO. The number of hydrogen-bond acceptors (Lipinski definition) is 2. The molecule has 1 heterocycles. The van der Waals surface area contributed by atoms with E-state index in [1.165, 1.54) is 11.6 Å². The monoisotopic (exact) mass is 305 g/mol. The second kappa shape index (κ2) is 6.04. The van der Waals surface area contributed by atoms with Crippen molar-refractivity contribution in [3.63, 3.8) is 0 Å².